The van der Waals surface area contributed by atoms with Crippen LogP contribution in [-0.2, 0) is 14.3 Å². The van der Waals surface area contributed by atoms with Crippen LogP contribution >= 0.6 is 0 Å². The zero-order chi connectivity index (χ0) is 15.6. The fourth-order valence-corrected chi connectivity index (χ4v) is 1.78. The number of rotatable bonds is 10. The number of likely N-dealkylation sites (N-methyl/N-ethyl adjacent to an activating group) is 1. The molecule has 120 valence electrons. The summed E-state index contributed by atoms with van der Waals surface area (Å²) in [4.78, 5) is 11.9. The molecule has 0 saturated carbocycles. The van der Waals surface area contributed by atoms with Gasteiger partial charge >= 0.3 is 5.97 Å². The van der Waals surface area contributed by atoms with E-state index >= 15 is 0 Å². The van der Waals surface area contributed by atoms with Crippen LogP contribution in [0.1, 0.15) is 60.3 Å². The third-order valence-electron chi connectivity index (χ3n) is 3.49. The van der Waals surface area contributed by atoms with E-state index in [9.17, 15) is 4.79 Å². The van der Waals surface area contributed by atoms with E-state index in [1.165, 1.54) is 0 Å². The van der Waals surface area contributed by atoms with E-state index in [-0.39, 0.29) is 5.97 Å². The number of ether oxygens (including phenoxy) is 2. The molecule has 0 aliphatic rings. The first-order valence-corrected chi connectivity index (χ1v) is 7.69. The number of unbranched alkanes of at least 4 members (excludes halogenated alkanes) is 1. The normalized spacial score (nSPS) is 14.9. The van der Waals surface area contributed by atoms with E-state index < -0.39 is 5.54 Å². The highest BCUT2D eigenvalue weighted by atomic mass is 16.5. The second-order valence-electron chi connectivity index (χ2n) is 6.68. The maximum Gasteiger partial charge on any atom is 0.326 e. The van der Waals surface area contributed by atoms with Gasteiger partial charge in [-0.1, -0.05) is 20.8 Å². The maximum atomic E-state index is 11.9. The summed E-state index contributed by atoms with van der Waals surface area (Å²) in [5.74, 6) is -0.170. The molecular weight excluding hydrogens is 254 g/mol. The Kier molecular flexibility index (Phi) is 9.06. The quantitative estimate of drug-likeness (QED) is 0.495. The Morgan fingerprint density at radius 1 is 1.05 bits per heavy atom. The lowest BCUT2D eigenvalue weighted by Gasteiger charge is -2.26. The molecule has 4 nitrogen and oxygen atoms in total. The van der Waals surface area contributed by atoms with Crippen LogP contribution in [0.2, 0.25) is 0 Å². The standard InChI is InChI=1S/C16H33NO3/c1-7-20-14(18)16(5,17-6)10-8-9-12-19-13-11-15(2,3)4/h17H,7-13H2,1-6H3. The monoisotopic (exact) mass is 287 g/mol. The Labute approximate surface area is 124 Å². The van der Waals surface area contributed by atoms with Crippen LogP contribution in [0.25, 0.3) is 0 Å². The SMILES string of the molecule is CCOC(=O)C(C)(CCCCOCCC(C)(C)C)NC. The van der Waals surface area contributed by atoms with Gasteiger partial charge in [0.05, 0.1) is 6.61 Å². The number of carbonyl (C=O) groups excluding carboxylic acids is 1. The van der Waals surface area contributed by atoms with Gasteiger partial charge in [0.2, 0.25) is 0 Å². The molecule has 0 aliphatic heterocycles. The molecule has 1 N–H and O–H groups in total. The Bertz CT molecular complexity index is 273. The summed E-state index contributed by atoms with van der Waals surface area (Å²) in [7, 11) is 1.80. The maximum absolute atomic E-state index is 11.9. The van der Waals surface area contributed by atoms with E-state index in [1.54, 1.807) is 7.05 Å². The molecule has 0 aromatic heterocycles. The molecule has 0 bridgehead atoms. The van der Waals surface area contributed by atoms with E-state index in [2.05, 4.69) is 26.1 Å². The van der Waals surface area contributed by atoms with Crippen molar-refractivity contribution in [3.63, 3.8) is 0 Å². The lowest BCUT2D eigenvalue weighted by molar-refractivity contribution is -0.150. The average molecular weight is 287 g/mol. The van der Waals surface area contributed by atoms with Gasteiger partial charge in [-0.2, -0.15) is 0 Å². The van der Waals surface area contributed by atoms with Gasteiger partial charge in [-0.25, -0.2) is 0 Å². The highest BCUT2D eigenvalue weighted by Gasteiger charge is 2.32. The Morgan fingerprint density at radius 2 is 1.70 bits per heavy atom. The zero-order valence-electron chi connectivity index (χ0n) is 14.2. The van der Waals surface area contributed by atoms with Gasteiger partial charge < -0.3 is 14.8 Å². The molecule has 20 heavy (non-hydrogen) atoms. The van der Waals surface area contributed by atoms with Crippen LogP contribution in [0.15, 0.2) is 0 Å². The molecule has 0 spiro atoms. The number of nitrogens with one attached hydrogen (secondary N) is 1. The summed E-state index contributed by atoms with van der Waals surface area (Å²) in [5.41, 5.74) is -0.254. The predicted octanol–water partition coefficient (Wildman–Crippen LogP) is 3.15. The van der Waals surface area contributed by atoms with Crippen molar-refractivity contribution in [1.82, 2.24) is 5.32 Å². The molecule has 0 saturated heterocycles. The van der Waals surface area contributed by atoms with Gasteiger partial charge in [-0.05, 0) is 52.0 Å². The Balaban J connectivity index is 3.78. The fraction of sp³-hybridized carbons (Fsp3) is 0.938. The highest BCUT2D eigenvalue weighted by Crippen LogP contribution is 2.18. The van der Waals surface area contributed by atoms with Crippen molar-refractivity contribution < 1.29 is 14.3 Å². The lowest BCUT2D eigenvalue weighted by atomic mass is 9.93. The van der Waals surface area contributed by atoms with Crippen molar-refractivity contribution in [2.75, 3.05) is 26.9 Å². The van der Waals surface area contributed by atoms with Gasteiger partial charge in [0.15, 0.2) is 0 Å². The van der Waals surface area contributed by atoms with Crippen molar-refractivity contribution in [2.45, 2.75) is 65.8 Å². The van der Waals surface area contributed by atoms with E-state index in [0.717, 1.165) is 38.9 Å². The predicted molar refractivity (Wildman–Crippen MR) is 82.8 cm³/mol. The second kappa shape index (κ2) is 9.35. The summed E-state index contributed by atoms with van der Waals surface area (Å²) in [6.45, 7) is 12.4. The minimum Gasteiger partial charge on any atom is -0.465 e. The molecule has 0 aliphatic carbocycles. The van der Waals surface area contributed by atoms with Gasteiger partial charge in [-0.15, -0.1) is 0 Å². The van der Waals surface area contributed by atoms with Crippen LogP contribution in [0.4, 0.5) is 0 Å². The first-order valence-electron chi connectivity index (χ1n) is 7.69. The molecule has 0 fully saturated rings. The van der Waals surface area contributed by atoms with Gasteiger partial charge in [-0.3, -0.25) is 4.79 Å². The van der Waals surface area contributed by atoms with Crippen molar-refractivity contribution in [2.24, 2.45) is 5.41 Å². The number of hydrogen-bond donors (Lipinski definition) is 1. The van der Waals surface area contributed by atoms with Crippen molar-refractivity contribution in [1.29, 1.82) is 0 Å². The summed E-state index contributed by atoms with van der Waals surface area (Å²) in [5, 5.41) is 3.07. The molecule has 0 rings (SSSR count). The topological polar surface area (TPSA) is 47.6 Å². The summed E-state index contributed by atoms with van der Waals surface area (Å²) in [6, 6.07) is 0. The van der Waals surface area contributed by atoms with Crippen molar-refractivity contribution in [3.8, 4) is 0 Å². The summed E-state index contributed by atoms with van der Waals surface area (Å²) in [6.07, 6.45) is 3.77. The second-order valence-corrected chi connectivity index (χ2v) is 6.68. The van der Waals surface area contributed by atoms with Crippen LogP contribution in [0, 0.1) is 5.41 Å². The minimum absolute atomic E-state index is 0.170. The van der Waals surface area contributed by atoms with E-state index in [4.69, 9.17) is 9.47 Å². The third-order valence-corrected chi connectivity index (χ3v) is 3.49. The molecule has 0 radical (unpaired) electrons. The molecule has 1 atom stereocenters. The van der Waals surface area contributed by atoms with E-state index in [1.807, 2.05) is 13.8 Å². The molecule has 0 amide bonds. The van der Waals surface area contributed by atoms with Crippen molar-refractivity contribution in [3.05, 3.63) is 0 Å². The van der Waals surface area contributed by atoms with Crippen LogP contribution in [0.3, 0.4) is 0 Å². The summed E-state index contributed by atoms with van der Waals surface area (Å²) >= 11 is 0. The first-order chi connectivity index (χ1) is 9.25. The smallest absolute Gasteiger partial charge is 0.326 e. The molecule has 4 heteroatoms. The number of esters is 1. The van der Waals surface area contributed by atoms with Gasteiger partial charge in [0.25, 0.3) is 0 Å². The average Bonchev–Trinajstić information content (AvgIpc) is 2.36. The van der Waals surface area contributed by atoms with Crippen LogP contribution in [0.5, 0.6) is 0 Å². The molecule has 0 aromatic carbocycles. The zero-order valence-corrected chi connectivity index (χ0v) is 14.2. The molecular formula is C16H33NO3. The number of hydrogen-bond acceptors (Lipinski definition) is 4. The largest absolute Gasteiger partial charge is 0.465 e. The minimum atomic E-state index is -0.582. The van der Waals surface area contributed by atoms with Gasteiger partial charge in [0, 0.05) is 13.2 Å². The molecule has 1 unspecified atom stereocenters. The van der Waals surface area contributed by atoms with Crippen LogP contribution < -0.4 is 5.32 Å². The van der Waals surface area contributed by atoms with Crippen LogP contribution in [-0.4, -0.2) is 38.4 Å². The molecule has 0 heterocycles. The first kappa shape index (κ1) is 19.4. The van der Waals surface area contributed by atoms with Gasteiger partial charge in [0.1, 0.15) is 5.54 Å². The third kappa shape index (κ3) is 8.54. The van der Waals surface area contributed by atoms with E-state index in [0.29, 0.717) is 12.0 Å². The lowest BCUT2D eigenvalue weighted by Crippen LogP contribution is -2.48. The highest BCUT2D eigenvalue weighted by molar-refractivity contribution is 5.80. The summed E-state index contributed by atoms with van der Waals surface area (Å²) < 4.78 is 10.7. The van der Waals surface area contributed by atoms with Crippen molar-refractivity contribution >= 4 is 5.97 Å². The molecule has 0 aromatic rings. The Morgan fingerprint density at radius 3 is 2.20 bits per heavy atom. The number of carbonyl (C=O) groups is 1. The fourth-order valence-electron chi connectivity index (χ4n) is 1.78. The Hall–Kier alpha value is -0.610.